The highest BCUT2D eigenvalue weighted by molar-refractivity contribution is 7.89. The quantitative estimate of drug-likeness (QED) is 0.785. The second-order valence-electron chi connectivity index (χ2n) is 3.80. The Morgan fingerprint density at radius 3 is 2.56 bits per heavy atom. The first kappa shape index (κ1) is 13.1. The number of rotatable bonds is 6. The molecular weight excluding hydrogens is 228 g/mol. The molecule has 7 heteroatoms. The van der Waals surface area contributed by atoms with Crippen LogP contribution < -0.4 is 5.14 Å². The zero-order chi connectivity index (χ0) is 12.2. The molecule has 0 aliphatic rings. The van der Waals surface area contributed by atoms with E-state index in [1.807, 2.05) is 6.92 Å². The molecule has 0 bridgehead atoms. The third-order valence-electron chi connectivity index (χ3n) is 2.52. The molecule has 0 saturated carbocycles. The number of nitrogens with zero attached hydrogens (tertiary/aromatic N) is 2. The maximum atomic E-state index is 11.0. The van der Waals surface area contributed by atoms with Crippen LogP contribution in [0.25, 0.3) is 0 Å². The fourth-order valence-corrected chi connectivity index (χ4v) is 1.95. The van der Waals surface area contributed by atoms with E-state index in [0.29, 0.717) is 5.82 Å². The third-order valence-corrected chi connectivity index (χ3v) is 3.21. The maximum Gasteiger partial charge on any atom is 0.282 e. The monoisotopic (exact) mass is 246 g/mol. The fraction of sp³-hybridized carbons (Fsp3) is 0.778. The van der Waals surface area contributed by atoms with Crippen molar-refractivity contribution < 1.29 is 8.42 Å². The molecular formula is C9H18N4O2S. The first-order chi connectivity index (χ1) is 7.49. The topological polar surface area (TPSA) is 102 Å². The number of hydrogen-bond acceptors (Lipinski definition) is 4. The number of hydrogen-bond donors (Lipinski definition) is 2. The van der Waals surface area contributed by atoms with Gasteiger partial charge in [0.1, 0.15) is 5.82 Å². The lowest BCUT2D eigenvalue weighted by Crippen LogP contribution is -2.14. The fourth-order valence-electron chi connectivity index (χ4n) is 1.55. The molecule has 0 aliphatic carbocycles. The Hall–Kier alpha value is -0.950. The molecule has 0 aromatic carbocycles. The van der Waals surface area contributed by atoms with Crippen LogP contribution >= 0.6 is 0 Å². The number of sulfonamides is 1. The Kier molecular flexibility index (Phi) is 4.43. The van der Waals surface area contributed by atoms with Crippen LogP contribution in [0.15, 0.2) is 5.16 Å². The van der Waals surface area contributed by atoms with E-state index < -0.39 is 10.0 Å². The lowest BCUT2D eigenvalue weighted by molar-refractivity contribution is 0.543. The van der Waals surface area contributed by atoms with Crippen LogP contribution in [0.2, 0.25) is 0 Å². The highest BCUT2D eigenvalue weighted by atomic mass is 32.2. The predicted molar refractivity (Wildman–Crippen MR) is 60.3 cm³/mol. The first-order valence-corrected chi connectivity index (χ1v) is 6.98. The number of aromatic nitrogens is 3. The largest absolute Gasteiger partial charge is 0.282 e. The minimum Gasteiger partial charge on any atom is -0.262 e. The van der Waals surface area contributed by atoms with Gasteiger partial charge in [-0.2, -0.15) is 0 Å². The molecule has 0 radical (unpaired) electrons. The van der Waals surface area contributed by atoms with Gasteiger partial charge < -0.3 is 0 Å². The smallest absolute Gasteiger partial charge is 0.262 e. The molecule has 16 heavy (non-hydrogen) atoms. The molecule has 0 saturated heterocycles. The average Bonchev–Trinajstić information content (AvgIpc) is 2.68. The summed E-state index contributed by atoms with van der Waals surface area (Å²) < 4.78 is 22.0. The summed E-state index contributed by atoms with van der Waals surface area (Å²) in [7, 11) is -3.80. The second-order valence-corrected chi connectivity index (χ2v) is 5.25. The minimum absolute atomic E-state index is 0.225. The van der Waals surface area contributed by atoms with Crippen molar-refractivity contribution in [2.24, 2.45) is 5.14 Å². The molecule has 1 aromatic heterocycles. The van der Waals surface area contributed by atoms with Crippen LogP contribution in [-0.2, 0) is 10.0 Å². The summed E-state index contributed by atoms with van der Waals surface area (Å²) in [5.41, 5.74) is 0. The van der Waals surface area contributed by atoms with Gasteiger partial charge in [0.15, 0.2) is 0 Å². The molecule has 1 heterocycles. The molecule has 0 amide bonds. The highest BCUT2D eigenvalue weighted by Crippen LogP contribution is 2.22. The van der Waals surface area contributed by atoms with E-state index in [2.05, 4.69) is 22.1 Å². The van der Waals surface area contributed by atoms with Gasteiger partial charge in [-0.25, -0.2) is 18.5 Å². The van der Waals surface area contributed by atoms with E-state index in [9.17, 15) is 8.42 Å². The van der Waals surface area contributed by atoms with Crippen LogP contribution in [0, 0.1) is 0 Å². The summed E-state index contributed by atoms with van der Waals surface area (Å²) in [6.07, 6.45) is 4.07. The lowest BCUT2D eigenvalue weighted by Gasteiger charge is -2.09. The Morgan fingerprint density at radius 1 is 1.44 bits per heavy atom. The van der Waals surface area contributed by atoms with Crippen molar-refractivity contribution in [3.05, 3.63) is 5.82 Å². The number of H-pyrrole nitrogens is 1. The van der Waals surface area contributed by atoms with Crippen molar-refractivity contribution in [1.29, 1.82) is 0 Å². The van der Waals surface area contributed by atoms with E-state index in [-0.39, 0.29) is 11.1 Å². The molecule has 0 spiro atoms. The van der Waals surface area contributed by atoms with Crippen LogP contribution in [0.4, 0.5) is 0 Å². The van der Waals surface area contributed by atoms with Gasteiger partial charge in [-0.3, -0.25) is 5.10 Å². The first-order valence-electron chi connectivity index (χ1n) is 5.44. The molecule has 1 atom stereocenters. The number of primary sulfonamides is 1. The van der Waals surface area contributed by atoms with Crippen molar-refractivity contribution in [1.82, 2.24) is 15.2 Å². The van der Waals surface area contributed by atoms with Crippen LogP contribution in [0.3, 0.4) is 0 Å². The number of aromatic amines is 1. The van der Waals surface area contributed by atoms with E-state index in [1.54, 1.807) is 0 Å². The van der Waals surface area contributed by atoms with Crippen molar-refractivity contribution in [2.45, 2.75) is 50.6 Å². The number of nitrogens with two attached hydrogens (primary N) is 1. The van der Waals surface area contributed by atoms with Crippen molar-refractivity contribution in [2.75, 3.05) is 0 Å². The average molecular weight is 246 g/mol. The van der Waals surface area contributed by atoms with Gasteiger partial charge in [0.2, 0.25) is 0 Å². The van der Waals surface area contributed by atoms with Crippen molar-refractivity contribution in [3.8, 4) is 0 Å². The van der Waals surface area contributed by atoms with Crippen LogP contribution in [0.5, 0.6) is 0 Å². The molecule has 0 fully saturated rings. The Bertz CT molecular complexity index is 426. The molecule has 1 unspecified atom stereocenters. The maximum absolute atomic E-state index is 11.0. The normalized spacial score (nSPS) is 13.9. The summed E-state index contributed by atoms with van der Waals surface area (Å²) in [4.78, 5) is 3.93. The summed E-state index contributed by atoms with van der Waals surface area (Å²) in [5, 5.41) is 10.9. The molecule has 0 aliphatic heterocycles. The Balaban J connectivity index is 2.83. The van der Waals surface area contributed by atoms with Gasteiger partial charge in [-0.1, -0.05) is 26.7 Å². The zero-order valence-corrected chi connectivity index (χ0v) is 10.4. The minimum atomic E-state index is -3.80. The van der Waals surface area contributed by atoms with Crippen molar-refractivity contribution in [3.63, 3.8) is 0 Å². The molecule has 6 nitrogen and oxygen atoms in total. The van der Waals surface area contributed by atoms with Gasteiger partial charge in [0, 0.05) is 5.92 Å². The van der Waals surface area contributed by atoms with Crippen LogP contribution in [0.1, 0.15) is 51.3 Å². The van der Waals surface area contributed by atoms with Gasteiger partial charge in [0.05, 0.1) is 0 Å². The standard InChI is InChI=1S/C9H18N4O2S/c1-3-5-6-7(4-2)8-11-9(13-12-8)16(10,14)15/h7H,3-6H2,1-2H3,(H2,10,14,15)(H,11,12,13). The SMILES string of the molecule is CCCCC(CC)c1nc(S(N)(=O)=O)n[nH]1. The van der Waals surface area contributed by atoms with E-state index in [0.717, 1.165) is 25.7 Å². The second kappa shape index (κ2) is 5.40. The van der Waals surface area contributed by atoms with Gasteiger partial charge in [0.25, 0.3) is 15.2 Å². The van der Waals surface area contributed by atoms with E-state index in [1.165, 1.54) is 0 Å². The summed E-state index contributed by atoms with van der Waals surface area (Å²) in [6.45, 7) is 4.16. The van der Waals surface area contributed by atoms with Gasteiger partial charge >= 0.3 is 0 Å². The van der Waals surface area contributed by atoms with Crippen LogP contribution in [-0.4, -0.2) is 23.6 Å². The predicted octanol–water partition coefficient (Wildman–Crippen LogP) is 1.14. The Morgan fingerprint density at radius 2 is 2.12 bits per heavy atom. The number of nitrogens with one attached hydrogen (secondary N) is 1. The molecule has 1 aromatic rings. The highest BCUT2D eigenvalue weighted by Gasteiger charge is 2.19. The number of unbranched alkanes of at least 4 members (excludes halogenated alkanes) is 1. The lowest BCUT2D eigenvalue weighted by atomic mass is 9.99. The molecule has 1 rings (SSSR count). The Labute approximate surface area is 95.7 Å². The molecule has 3 N–H and O–H groups in total. The van der Waals surface area contributed by atoms with Crippen molar-refractivity contribution >= 4 is 10.0 Å². The van der Waals surface area contributed by atoms with Gasteiger partial charge in [-0.05, 0) is 12.8 Å². The zero-order valence-electron chi connectivity index (χ0n) is 9.60. The summed E-state index contributed by atoms with van der Waals surface area (Å²) in [5.74, 6) is 0.836. The van der Waals surface area contributed by atoms with Gasteiger partial charge in [-0.15, -0.1) is 5.10 Å². The van der Waals surface area contributed by atoms with E-state index in [4.69, 9.17) is 5.14 Å². The third kappa shape index (κ3) is 3.28. The van der Waals surface area contributed by atoms with E-state index >= 15 is 0 Å². The molecule has 92 valence electrons. The summed E-state index contributed by atoms with van der Waals surface area (Å²) in [6, 6.07) is 0. The summed E-state index contributed by atoms with van der Waals surface area (Å²) >= 11 is 0.